The van der Waals surface area contributed by atoms with Crippen LogP contribution in [0.15, 0.2) is 24.4 Å². The second-order valence-corrected chi connectivity index (χ2v) is 5.89. The molecule has 1 aliphatic rings. The monoisotopic (exact) mass is 287 g/mol. The van der Waals surface area contributed by atoms with Crippen molar-refractivity contribution in [3.05, 3.63) is 30.2 Å². The van der Waals surface area contributed by atoms with Gasteiger partial charge in [0.1, 0.15) is 5.82 Å². The Morgan fingerprint density at radius 1 is 1.48 bits per heavy atom. The van der Waals surface area contributed by atoms with E-state index >= 15 is 0 Å². The van der Waals surface area contributed by atoms with Gasteiger partial charge in [-0.2, -0.15) is 0 Å². The summed E-state index contributed by atoms with van der Waals surface area (Å²) in [5.41, 5.74) is 0.549. The van der Waals surface area contributed by atoms with Crippen molar-refractivity contribution in [2.45, 2.75) is 26.2 Å². The standard InChI is InChI=1S/C15H21N5O/c1-15(7-4-8-16-11-15)14(21)17-9-6-13-19-18-12-5-2-3-10-20(12)13/h2-3,5,10,16H,4,6-9,11H2,1H3,(H,17,21). The van der Waals surface area contributed by atoms with Crippen molar-refractivity contribution in [3.8, 4) is 0 Å². The Kier molecular flexibility index (Phi) is 3.88. The molecule has 1 aliphatic heterocycles. The van der Waals surface area contributed by atoms with E-state index in [-0.39, 0.29) is 11.3 Å². The van der Waals surface area contributed by atoms with Crippen LogP contribution in [0.4, 0.5) is 0 Å². The fourth-order valence-corrected chi connectivity index (χ4v) is 2.81. The maximum absolute atomic E-state index is 12.3. The Morgan fingerprint density at radius 3 is 3.19 bits per heavy atom. The Morgan fingerprint density at radius 2 is 2.38 bits per heavy atom. The first kappa shape index (κ1) is 14.0. The number of pyridine rings is 1. The number of hydrogen-bond acceptors (Lipinski definition) is 4. The first-order chi connectivity index (χ1) is 10.2. The van der Waals surface area contributed by atoms with Crippen molar-refractivity contribution in [3.63, 3.8) is 0 Å². The summed E-state index contributed by atoms with van der Waals surface area (Å²) in [7, 11) is 0. The van der Waals surface area contributed by atoms with Crippen molar-refractivity contribution in [1.29, 1.82) is 0 Å². The maximum Gasteiger partial charge on any atom is 0.227 e. The van der Waals surface area contributed by atoms with Crippen molar-refractivity contribution >= 4 is 11.6 Å². The number of aromatic nitrogens is 3. The molecule has 1 unspecified atom stereocenters. The van der Waals surface area contributed by atoms with E-state index in [1.807, 2.05) is 35.7 Å². The summed E-state index contributed by atoms with van der Waals surface area (Å²) >= 11 is 0. The lowest BCUT2D eigenvalue weighted by Crippen LogP contribution is -2.49. The molecular weight excluding hydrogens is 266 g/mol. The number of nitrogens with one attached hydrogen (secondary N) is 2. The summed E-state index contributed by atoms with van der Waals surface area (Å²) in [6, 6.07) is 5.81. The van der Waals surface area contributed by atoms with Crippen LogP contribution < -0.4 is 10.6 Å². The molecule has 21 heavy (non-hydrogen) atoms. The predicted octanol–water partition coefficient (Wildman–Crippen LogP) is 0.778. The highest BCUT2D eigenvalue weighted by molar-refractivity contribution is 5.82. The van der Waals surface area contributed by atoms with Crippen LogP contribution in [0.3, 0.4) is 0 Å². The van der Waals surface area contributed by atoms with Gasteiger partial charge in [-0.3, -0.25) is 9.20 Å². The van der Waals surface area contributed by atoms with Crippen molar-refractivity contribution in [1.82, 2.24) is 25.2 Å². The topological polar surface area (TPSA) is 71.3 Å². The third kappa shape index (κ3) is 2.90. The number of rotatable bonds is 4. The minimum absolute atomic E-state index is 0.128. The van der Waals surface area contributed by atoms with Gasteiger partial charge in [0.2, 0.25) is 5.91 Å². The van der Waals surface area contributed by atoms with Crippen molar-refractivity contribution in [2.75, 3.05) is 19.6 Å². The highest BCUT2D eigenvalue weighted by atomic mass is 16.2. The molecule has 3 rings (SSSR count). The van der Waals surface area contributed by atoms with E-state index in [0.29, 0.717) is 13.0 Å². The number of amides is 1. The van der Waals surface area contributed by atoms with Gasteiger partial charge >= 0.3 is 0 Å². The van der Waals surface area contributed by atoms with E-state index in [1.165, 1.54) is 0 Å². The first-order valence-electron chi connectivity index (χ1n) is 7.47. The fraction of sp³-hybridized carbons (Fsp3) is 0.533. The zero-order valence-corrected chi connectivity index (χ0v) is 12.3. The van der Waals surface area contributed by atoms with Crippen LogP contribution in [0, 0.1) is 5.41 Å². The molecule has 0 spiro atoms. The lowest BCUT2D eigenvalue weighted by atomic mass is 9.82. The van der Waals surface area contributed by atoms with Gasteiger partial charge in [-0.25, -0.2) is 0 Å². The summed E-state index contributed by atoms with van der Waals surface area (Å²) < 4.78 is 1.95. The molecule has 112 valence electrons. The van der Waals surface area contributed by atoms with Crippen LogP contribution in [0.25, 0.3) is 5.65 Å². The SMILES string of the molecule is CC1(C(=O)NCCc2nnc3ccccn23)CCCNC1. The molecule has 6 heteroatoms. The third-order valence-corrected chi connectivity index (χ3v) is 4.16. The number of nitrogens with zero attached hydrogens (tertiary/aromatic N) is 3. The normalized spacial score (nSPS) is 22.3. The summed E-state index contributed by atoms with van der Waals surface area (Å²) in [6.07, 6.45) is 4.62. The van der Waals surface area contributed by atoms with Crippen LogP contribution in [-0.4, -0.2) is 40.1 Å². The van der Waals surface area contributed by atoms with Gasteiger partial charge < -0.3 is 10.6 Å². The average molecular weight is 287 g/mol. The highest BCUT2D eigenvalue weighted by Gasteiger charge is 2.34. The zero-order valence-electron chi connectivity index (χ0n) is 12.3. The van der Waals surface area contributed by atoms with E-state index in [1.54, 1.807) is 0 Å². The number of carbonyl (C=O) groups is 1. The van der Waals surface area contributed by atoms with Gasteiger partial charge in [-0.1, -0.05) is 6.07 Å². The molecule has 0 radical (unpaired) electrons. The number of fused-ring (bicyclic) bond motifs is 1. The van der Waals surface area contributed by atoms with Crippen LogP contribution in [0.2, 0.25) is 0 Å². The average Bonchev–Trinajstić information content (AvgIpc) is 2.91. The second-order valence-electron chi connectivity index (χ2n) is 5.89. The quantitative estimate of drug-likeness (QED) is 0.871. The molecule has 1 saturated heterocycles. The maximum atomic E-state index is 12.3. The molecule has 0 bridgehead atoms. The molecule has 0 aliphatic carbocycles. The Labute approximate surface area is 123 Å². The second kappa shape index (κ2) is 5.81. The molecule has 2 aromatic heterocycles. The summed E-state index contributed by atoms with van der Waals surface area (Å²) in [6.45, 7) is 4.38. The Balaban J connectivity index is 1.57. The smallest absolute Gasteiger partial charge is 0.227 e. The molecule has 3 heterocycles. The van der Waals surface area contributed by atoms with E-state index in [0.717, 1.165) is 37.4 Å². The van der Waals surface area contributed by atoms with Gasteiger partial charge in [-0.05, 0) is 38.4 Å². The van der Waals surface area contributed by atoms with Crippen LogP contribution in [0.1, 0.15) is 25.6 Å². The minimum atomic E-state index is -0.287. The molecule has 6 nitrogen and oxygen atoms in total. The van der Waals surface area contributed by atoms with Crippen LogP contribution in [0.5, 0.6) is 0 Å². The minimum Gasteiger partial charge on any atom is -0.355 e. The van der Waals surface area contributed by atoms with Crippen molar-refractivity contribution in [2.24, 2.45) is 5.41 Å². The Hall–Kier alpha value is -1.95. The van der Waals surface area contributed by atoms with E-state index < -0.39 is 0 Å². The fourth-order valence-electron chi connectivity index (χ4n) is 2.81. The third-order valence-electron chi connectivity index (χ3n) is 4.16. The predicted molar refractivity (Wildman–Crippen MR) is 79.9 cm³/mol. The van der Waals surface area contributed by atoms with Crippen molar-refractivity contribution < 1.29 is 4.79 Å². The van der Waals surface area contributed by atoms with E-state index in [2.05, 4.69) is 20.8 Å². The van der Waals surface area contributed by atoms with E-state index in [4.69, 9.17) is 0 Å². The molecule has 1 amide bonds. The number of piperidine rings is 1. The largest absolute Gasteiger partial charge is 0.355 e. The molecule has 0 saturated carbocycles. The van der Waals surface area contributed by atoms with Gasteiger partial charge in [0, 0.05) is 25.7 Å². The van der Waals surface area contributed by atoms with Gasteiger partial charge in [0.05, 0.1) is 5.41 Å². The first-order valence-corrected chi connectivity index (χ1v) is 7.47. The zero-order chi connectivity index (χ0) is 14.7. The molecular formula is C15H21N5O. The van der Waals surface area contributed by atoms with E-state index in [9.17, 15) is 4.79 Å². The molecule has 2 N–H and O–H groups in total. The molecule has 2 aromatic rings. The Bertz CT molecular complexity index is 630. The van der Waals surface area contributed by atoms with Crippen LogP contribution >= 0.6 is 0 Å². The summed E-state index contributed by atoms with van der Waals surface area (Å²) in [5.74, 6) is 1.00. The van der Waals surface area contributed by atoms with Crippen LogP contribution in [-0.2, 0) is 11.2 Å². The summed E-state index contributed by atoms with van der Waals surface area (Å²) in [4.78, 5) is 12.3. The summed E-state index contributed by atoms with van der Waals surface area (Å²) in [5, 5.41) is 14.6. The van der Waals surface area contributed by atoms with Gasteiger partial charge in [0.15, 0.2) is 5.65 Å². The number of hydrogen-bond donors (Lipinski definition) is 2. The molecule has 1 atom stereocenters. The lowest BCUT2D eigenvalue weighted by molar-refractivity contribution is -0.131. The van der Waals surface area contributed by atoms with Gasteiger partial charge in [0.25, 0.3) is 0 Å². The molecule has 0 aromatic carbocycles. The number of carbonyl (C=O) groups excluding carboxylic acids is 1. The van der Waals surface area contributed by atoms with Gasteiger partial charge in [-0.15, -0.1) is 10.2 Å². The highest BCUT2D eigenvalue weighted by Crippen LogP contribution is 2.25. The lowest BCUT2D eigenvalue weighted by Gasteiger charge is -2.32. The molecule has 1 fully saturated rings.